The fourth-order valence-electron chi connectivity index (χ4n) is 1.81. The Morgan fingerprint density at radius 1 is 1.19 bits per heavy atom. The fraction of sp³-hybridized carbons (Fsp3) is 0.0833. The van der Waals surface area contributed by atoms with E-state index in [1.807, 2.05) is 0 Å². The molecule has 2 heterocycles. The van der Waals surface area contributed by atoms with Crippen LogP contribution in [-0.2, 0) is 0 Å². The number of aliphatic hydroxyl groups is 1. The highest BCUT2D eigenvalue weighted by Gasteiger charge is 2.28. The van der Waals surface area contributed by atoms with Gasteiger partial charge in [0.05, 0.1) is 0 Å². The van der Waals surface area contributed by atoms with Gasteiger partial charge in [0, 0.05) is 17.3 Å². The quantitative estimate of drug-likeness (QED) is 0.736. The van der Waals surface area contributed by atoms with Crippen LogP contribution in [0.3, 0.4) is 0 Å². The van der Waals surface area contributed by atoms with Gasteiger partial charge in [0.25, 0.3) is 0 Å². The number of hydrogen-bond acceptors (Lipinski definition) is 3. The number of fused-ring (bicyclic) bond motifs is 2. The number of rotatable bonds is 0. The minimum atomic E-state index is -0.886. The van der Waals surface area contributed by atoms with Crippen molar-refractivity contribution in [3.63, 3.8) is 0 Å². The van der Waals surface area contributed by atoms with Crippen molar-refractivity contribution in [2.24, 2.45) is 0 Å². The molecule has 1 aliphatic heterocycles. The molecule has 1 aliphatic rings. The van der Waals surface area contributed by atoms with E-state index in [0.29, 0.717) is 11.1 Å². The van der Waals surface area contributed by atoms with Gasteiger partial charge in [-0.05, 0) is 18.2 Å². The van der Waals surface area contributed by atoms with Crippen LogP contribution in [0.25, 0.3) is 0 Å². The summed E-state index contributed by atoms with van der Waals surface area (Å²) in [6, 6.07) is 7.89. The highest BCUT2D eigenvalue weighted by atomic mass is 19.1. The zero-order valence-corrected chi connectivity index (χ0v) is 8.22. The van der Waals surface area contributed by atoms with Crippen molar-refractivity contribution in [2.75, 3.05) is 0 Å². The van der Waals surface area contributed by atoms with E-state index in [-0.39, 0.29) is 11.6 Å². The third kappa shape index (κ3) is 1.20. The molecule has 0 saturated carbocycles. The van der Waals surface area contributed by atoms with Gasteiger partial charge in [0.2, 0.25) is 5.88 Å². The molecule has 80 valence electrons. The van der Waals surface area contributed by atoms with E-state index in [1.54, 1.807) is 24.3 Å². The summed E-state index contributed by atoms with van der Waals surface area (Å²) in [5, 5.41) is 10.1. The molecule has 4 heteroatoms. The number of hydrogen-bond donors (Lipinski definition) is 1. The molecule has 0 radical (unpaired) electrons. The Morgan fingerprint density at radius 2 is 2.00 bits per heavy atom. The zero-order chi connectivity index (χ0) is 11.1. The van der Waals surface area contributed by atoms with Crippen LogP contribution in [0, 0.1) is 5.82 Å². The highest BCUT2D eigenvalue weighted by Crippen LogP contribution is 2.42. The summed E-state index contributed by atoms with van der Waals surface area (Å²) in [5.74, 6) is -0.179. The first kappa shape index (κ1) is 9.30. The molecule has 3 rings (SSSR count). The van der Waals surface area contributed by atoms with Crippen molar-refractivity contribution in [1.29, 1.82) is 0 Å². The van der Waals surface area contributed by atoms with Crippen LogP contribution in [0.1, 0.15) is 17.2 Å². The Morgan fingerprint density at radius 3 is 2.88 bits per heavy atom. The van der Waals surface area contributed by atoms with Crippen molar-refractivity contribution in [1.82, 2.24) is 4.98 Å². The predicted molar refractivity (Wildman–Crippen MR) is 54.8 cm³/mol. The van der Waals surface area contributed by atoms with Gasteiger partial charge in [-0.25, -0.2) is 9.37 Å². The van der Waals surface area contributed by atoms with E-state index in [4.69, 9.17) is 4.74 Å². The van der Waals surface area contributed by atoms with Gasteiger partial charge in [-0.2, -0.15) is 0 Å². The van der Waals surface area contributed by atoms with Crippen molar-refractivity contribution in [2.45, 2.75) is 6.10 Å². The molecule has 2 aromatic rings. The lowest BCUT2D eigenvalue weighted by atomic mass is 9.99. The normalized spacial score (nSPS) is 17.2. The molecule has 3 nitrogen and oxygen atoms in total. The van der Waals surface area contributed by atoms with Gasteiger partial charge in [0.15, 0.2) is 11.6 Å². The largest absolute Gasteiger partial charge is 0.435 e. The molecular formula is C12H8FNO2. The van der Waals surface area contributed by atoms with Crippen LogP contribution in [0.5, 0.6) is 11.6 Å². The van der Waals surface area contributed by atoms with Crippen molar-refractivity contribution < 1.29 is 14.2 Å². The molecule has 1 unspecified atom stereocenters. The summed E-state index contributed by atoms with van der Waals surface area (Å²) in [6.45, 7) is 0. The number of pyridine rings is 1. The zero-order valence-electron chi connectivity index (χ0n) is 8.22. The van der Waals surface area contributed by atoms with E-state index in [1.165, 1.54) is 12.3 Å². The van der Waals surface area contributed by atoms with Crippen molar-refractivity contribution in [3.8, 4) is 11.6 Å². The van der Waals surface area contributed by atoms with Gasteiger partial charge >= 0.3 is 0 Å². The molecule has 0 fully saturated rings. The number of benzene rings is 1. The number of halogens is 1. The summed E-state index contributed by atoms with van der Waals surface area (Å²) in [6.07, 6.45) is 0.653. The number of ether oxygens (including phenoxy) is 1. The van der Waals surface area contributed by atoms with Gasteiger partial charge in [-0.3, -0.25) is 0 Å². The molecule has 1 aromatic heterocycles. The average molecular weight is 217 g/mol. The second-order valence-electron chi connectivity index (χ2n) is 3.56. The second kappa shape index (κ2) is 3.28. The van der Waals surface area contributed by atoms with E-state index < -0.39 is 11.9 Å². The lowest BCUT2D eigenvalue weighted by Gasteiger charge is -2.23. The summed E-state index contributed by atoms with van der Waals surface area (Å²) >= 11 is 0. The maximum absolute atomic E-state index is 13.5. The molecule has 0 amide bonds. The lowest BCUT2D eigenvalue weighted by Crippen LogP contribution is -2.11. The molecule has 16 heavy (non-hydrogen) atoms. The molecule has 1 aromatic carbocycles. The number of aromatic nitrogens is 1. The molecule has 0 saturated heterocycles. The van der Waals surface area contributed by atoms with E-state index in [9.17, 15) is 9.50 Å². The van der Waals surface area contributed by atoms with Gasteiger partial charge in [-0.15, -0.1) is 0 Å². The first-order valence-corrected chi connectivity index (χ1v) is 4.86. The highest BCUT2D eigenvalue weighted by molar-refractivity contribution is 5.49. The van der Waals surface area contributed by atoms with Crippen LogP contribution in [0.15, 0.2) is 36.5 Å². The van der Waals surface area contributed by atoms with Gasteiger partial charge in [0.1, 0.15) is 6.10 Å². The number of aliphatic hydroxyl groups excluding tert-OH is 1. The molecule has 1 N–H and O–H groups in total. The Bertz CT molecular complexity index is 556. The minimum Gasteiger partial charge on any atom is -0.435 e. The van der Waals surface area contributed by atoms with Crippen LogP contribution >= 0.6 is 0 Å². The Hall–Kier alpha value is -1.94. The Labute approximate surface area is 91.1 Å². The maximum Gasteiger partial charge on any atom is 0.225 e. The monoisotopic (exact) mass is 217 g/mol. The molecular weight excluding hydrogens is 209 g/mol. The summed E-state index contributed by atoms with van der Waals surface area (Å²) in [5.41, 5.74) is 0.987. The first-order chi connectivity index (χ1) is 7.77. The fourth-order valence-corrected chi connectivity index (χ4v) is 1.81. The summed E-state index contributed by atoms with van der Waals surface area (Å²) in [7, 11) is 0. The lowest BCUT2D eigenvalue weighted by molar-refractivity contribution is 0.198. The van der Waals surface area contributed by atoms with E-state index >= 15 is 0 Å². The van der Waals surface area contributed by atoms with E-state index in [0.717, 1.165) is 0 Å². The van der Waals surface area contributed by atoms with Crippen LogP contribution in [0.4, 0.5) is 4.39 Å². The topological polar surface area (TPSA) is 42.4 Å². The van der Waals surface area contributed by atoms with Crippen molar-refractivity contribution >= 4 is 0 Å². The first-order valence-electron chi connectivity index (χ1n) is 4.86. The molecule has 1 atom stereocenters. The van der Waals surface area contributed by atoms with Crippen LogP contribution in [-0.4, -0.2) is 10.1 Å². The third-order valence-electron chi connectivity index (χ3n) is 2.59. The third-order valence-corrected chi connectivity index (χ3v) is 2.59. The van der Waals surface area contributed by atoms with Gasteiger partial charge in [-0.1, -0.05) is 12.1 Å². The molecule has 0 aliphatic carbocycles. The SMILES string of the molecule is OC1c2cccnc2Oc2c(F)cccc21. The maximum atomic E-state index is 13.5. The van der Waals surface area contributed by atoms with Crippen LogP contribution in [0.2, 0.25) is 0 Å². The van der Waals surface area contributed by atoms with Crippen LogP contribution < -0.4 is 4.74 Å². The number of para-hydroxylation sites is 1. The van der Waals surface area contributed by atoms with Crippen molar-refractivity contribution in [3.05, 3.63) is 53.5 Å². The average Bonchev–Trinajstić information content (AvgIpc) is 2.31. The smallest absolute Gasteiger partial charge is 0.225 e. The minimum absolute atomic E-state index is 0.0567. The Kier molecular flexibility index (Phi) is 1.91. The Balaban J connectivity index is 2.22. The summed E-state index contributed by atoms with van der Waals surface area (Å²) < 4.78 is 18.8. The van der Waals surface area contributed by atoms with E-state index in [2.05, 4.69) is 4.98 Å². The molecule has 0 spiro atoms. The van der Waals surface area contributed by atoms with Gasteiger partial charge < -0.3 is 9.84 Å². The summed E-state index contributed by atoms with van der Waals surface area (Å²) in [4.78, 5) is 3.96. The predicted octanol–water partition coefficient (Wildman–Crippen LogP) is 2.41. The number of nitrogens with zero attached hydrogens (tertiary/aromatic N) is 1. The molecule has 0 bridgehead atoms. The second-order valence-corrected chi connectivity index (χ2v) is 3.56. The standard InChI is InChI=1S/C12H8FNO2/c13-9-5-1-3-7-10(15)8-4-2-6-14-12(8)16-11(7)9/h1-6,10,15H.